The molecule has 0 bridgehead atoms. The summed E-state index contributed by atoms with van der Waals surface area (Å²) in [4.78, 5) is 6.12. The van der Waals surface area contributed by atoms with Gasteiger partial charge in [0, 0.05) is 32.0 Å². The number of aliphatic hydroxyl groups is 1. The molecule has 1 atom stereocenters. The van der Waals surface area contributed by atoms with Crippen molar-refractivity contribution in [2.45, 2.75) is 18.6 Å². The van der Waals surface area contributed by atoms with E-state index in [2.05, 4.69) is 25.3 Å². The van der Waals surface area contributed by atoms with Gasteiger partial charge in [-0.1, -0.05) is 11.6 Å². The highest BCUT2D eigenvalue weighted by molar-refractivity contribution is 6.31. The first-order valence-corrected chi connectivity index (χ1v) is 6.44. The second-order valence-electron chi connectivity index (χ2n) is 4.81. The van der Waals surface area contributed by atoms with E-state index in [9.17, 15) is 5.11 Å². The molecule has 19 heavy (non-hydrogen) atoms. The number of likely N-dealkylation sites (tertiary alicyclic amines) is 1. The predicted octanol–water partition coefficient (Wildman–Crippen LogP) is 0.947. The maximum Gasteiger partial charge on any atom is 0.124 e. The van der Waals surface area contributed by atoms with Crippen LogP contribution in [-0.2, 0) is 12.1 Å². The fourth-order valence-corrected chi connectivity index (χ4v) is 2.59. The molecule has 3 rings (SSSR count). The third-order valence-electron chi connectivity index (χ3n) is 3.47. The molecule has 3 heterocycles. The van der Waals surface area contributed by atoms with Gasteiger partial charge in [-0.3, -0.25) is 9.88 Å². The Morgan fingerprint density at radius 3 is 3.11 bits per heavy atom. The molecule has 1 aliphatic rings. The van der Waals surface area contributed by atoms with Crippen molar-refractivity contribution in [1.82, 2.24) is 25.3 Å². The Hall–Kier alpha value is -1.50. The number of nitrogens with zero attached hydrogens (tertiary/aromatic N) is 4. The standard InChI is InChI=1S/C12H14ClN5O/c13-10-5-14-3-1-9(10)7-18-4-2-12(19,8-18)11-6-15-17-16-11/h1,3,5-6,19H,2,4,7-8H2,(H,15,16,17). The van der Waals surface area contributed by atoms with Gasteiger partial charge in [-0.2, -0.15) is 15.4 Å². The number of nitrogens with one attached hydrogen (secondary N) is 1. The number of pyridine rings is 1. The highest BCUT2D eigenvalue weighted by Crippen LogP contribution is 2.31. The minimum absolute atomic E-state index is 0.526. The topological polar surface area (TPSA) is 77.9 Å². The number of β-amino-alcohol motifs (C(OH)–C–C–N with tert-alkyl or cyclic N) is 1. The fraction of sp³-hybridized carbons (Fsp3) is 0.417. The Morgan fingerprint density at radius 2 is 2.37 bits per heavy atom. The molecule has 1 unspecified atom stereocenters. The maximum atomic E-state index is 10.6. The van der Waals surface area contributed by atoms with E-state index >= 15 is 0 Å². The zero-order valence-electron chi connectivity index (χ0n) is 10.3. The van der Waals surface area contributed by atoms with E-state index in [0.717, 1.165) is 12.1 Å². The Labute approximate surface area is 115 Å². The second-order valence-corrected chi connectivity index (χ2v) is 5.22. The van der Waals surface area contributed by atoms with Crippen molar-refractivity contribution >= 4 is 11.6 Å². The van der Waals surface area contributed by atoms with Crippen LogP contribution in [0.3, 0.4) is 0 Å². The van der Waals surface area contributed by atoms with Crippen molar-refractivity contribution in [3.8, 4) is 0 Å². The van der Waals surface area contributed by atoms with E-state index in [1.807, 2.05) is 6.07 Å². The van der Waals surface area contributed by atoms with E-state index in [0.29, 0.717) is 30.2 Å². The number of halogens is 1. The van der Waals surface area contributed by atoms with Crippen LogP contribution in [0.5, 0.6) is 0 Å². The lowest BCUT2D eigenvalue weighted by Crippen LogP contribution is -2.31. The molecular formula is C12H14ClN5O. The summed E-state index contributed by atoms with van der Waals surface area (Å²) in [6.45, 7) is 2.02. The minimum Gasteiger partial charge on any atom is -0.382 e. The smallest absolute Gasteiger partial charge is 0.124 e. The van der Waals surface area contributed by atoms with E-state index in [1.54, 1.807) is 18.6 Å². The molecule has 6 nitrogen and oxygen atoms in total. The number of hydrogen-bond donors (Lipinski definition) is 2. The van der Waals surface area contributed by atoms with Gasteiger partial charge >= 0.3 is 0 Å². The summed E-state index contributed by atoms with van der Waals surface area (Å²) in [5, 5.41) is 21.5. The van der Waals surface area contributed by atoms with Crippen molar-refractivity contribution in [1.29, 1.82) is 0 Å². The van der Waals surface area contributed by atoms with E-state index in [4.69, 9.17) is 11.6 Å². The van der Waals surface area contributed by atoms with Crippen LogP contribution in [0.4, 0.5) is 0 Å². The zero-order valence-corrected chi connectivity index (χ0v) is 11.0. The summed E-state index contributed by atoms with van der Waals surface area (Å²) >= 11 is 6.09. The minimum atomic E-state index is -0.924. The molecule has 7 heteroatoms. The van der Waals surface area contributed by atoms with Gasteiger partial charge in [-0.15, -0.1) is 0 Å². The molecule has 0 saturated carbocycles. The Bertz CT molecular complexity index is 561. The van der Waals surface area contributed by atoms with Crippen LogP contribution >= 0.6 is 11.6 Å². The summed E-state index contributed by atoms with van der Waals surface area (Å²) in [6.07, 6.45) is 5.57. The predicted molar refractivity (Wildman–Crippen MR) is 69.4 cm³/mol. The molecule has 2 N–H and O–H groups in total. The van der Waals surface area contributed by atoms with Crippen LogP contribution in [0.1, 0.15) is 17.7 Å². The molecule has 0 amide bonds. The summed E-state index contributed by atoms with van der Waals surface area (Å²) in [6, 6.07) is 1.90. The Kier molecular flexibility index (Phi) is 3.22. The first-order valence-electron chi connectivity index (χ1n) is 6.07. The Morgan fingerprint density at radius 1 is 1.47 bits per heavy atom. The third kappa shape index (κ3) is 2.47. The molecule has 1 fully saturated rings. The fourth-order valence-electron chi connectivity index (χ4n) is 2.41. The normalized spacial score (nSPS) is 23.9. The summed E-state index contributed by atoms with van der Waals surface area (Å²) in [5.41, 5.74) is 0.684. The molecule has 2 aromatic heterocycles. The highest BCUT2D eigenvalue weighted by atomic mass is 35.5. The van der Waals surface area contributed by atoms with Gasteiger partial charge in [0.1, 0.15) is 11.3 Å². The maximum absolute atomic E-state index is 10.6. The summed E-state index contributed by atoms with van der Waals surface area (Å²) < 4.78 is 0. The monoisotopic (exact) mass is 279 g/mol. The van der Waals surface area contributed by atoms with E-state index in [1.165, 1.54) is 0 Å². The molecule has 100 valence electrons. The largest absolute Gasteiger partial charge is 0.382 e. The van der Waals surface area contributed by atoms with Gasteiger partial charge in [0.05, 0.1) is 11.2 Å². The Balaban J connectivity index is 1.71. The molecule has 1 aliphatic heterocycles. The van der Waals surface area contributed by atoms with Crippen molar-refractivity contribution in [2.24, 2.45) is 0 Å². The number of hydrogen-bond acceptors (Lipinski definition) is 5. The third-order valence-corrected chi connectivity index (χ3v) is 3.81. The molecule has 2 aromatic rings. The van der Waals surface area contributed by atoms with Crippen molar-refractivity contribution in [3.63, 3.8) is 0 Å². The zero-order chi connectivity index (χ0) is 13.3. The number of aromatic amines is 1. The SMILES string of the molecule is OC1(c2cn[nH]n2)CCN(Cc2ccncc2Cl)C1. The van der Waals surface area contributed by atoms with Crippen LogP contribution in [0.15, 0.2) is 24.7 Å². The number of H-pyrrole nitrogens is 1. The first kappa shape index (κ1) is 12.5. The van der Waals surface area contributed by atoms with Gasteiger partial charge in [-0.25, -0.2) is 0 Å². The number of rotatable bonds is 3. The average molecular weight is 280 g/mol. The highest BCUT2D eigenvalue weighted by Gasteiger charge is 2.39. The van der Waals surface area contributed by atoms with Crippen LogP contribution in [0.25, 0.3) is 0 Å². The van der Waals surface area contributed by atoms with Gasteiger partial charge < -0.3 is 5.11 Å². The van der Waals surface area contributed by atoms with Crippen molar-refractivity contribution in [2.75, 3.05) is 13.1 Å². The van der Waals surface area contributed by atoms with Crippen LogP contribution in [-0.4, -0.2) is 43.5 Å². The van der Waals surface area contributed by atoms with Crippen LogP contribution in [0.2, 0.25) is 5.02 Å². The van der Waals surface area contributed by atoms with Gasteiger partial charge in [0.15, 0.2) is 0 Å². The molecule has 0 spiro atoms. The van der Waals surface area contributed by atoms with Crippen LogP contribution < -0.4 is 0 Å². The van der Waals surface area contributed by atoms with Gasteiger partial charge in [0.25, 0.3) is 0 Å². The lowest BCUT2D eigenvalue weighted by atomic mass is 10.00. The van der Waals surface area contributed by atoms with Gasteiger partial charge in [-0.05, 0) is 18.1 Å². The lowest BCUT2D eigenvalue weighted by Gasteiger charge is -2.21. The summed E-state index contributed by atoms with van der Waals surface area (Å²) in [5.74, 6) is 0. The van der Waals surface area contributed by atoms with Crippen molar-refractivity contribution in [3.05, 3.63) is 40.9 Å². The van der Waals surface area contributed by atoms with E-state index < -0.39 is 5.60 Å². The second kappa shape index (κ2) is 4.88. The lowest BCUT2D eigenvalue weighted by molar-refractivity contribution is 0.0409. The van der Waals surface area contributed by atoms with Crippen molar-refractivity contribution < 1.29 is 5.11 Å². The molecule has 1 saturated heterocycles. The van der Waals surface area contributed by atoms with Gasteiger partial charge in [0.2, 0.25) is 0 Å². The molecule has 0 aliphatic carbocycles. The molecule has 0 radical (unpaired) electrons. The first-order chi connectivity index (χ1) is 9.17. The molecule has 0 aromatic carbocycles. The van der Waals surface area contributed by atoms with E-state index in [-0.39, 0.29) is 0 Å². The number of aromatic nitrogens is 4. The average Bonchev–Trinajstić information content (AvgIpc) is 3.03. The summed E-state index contributed by atoms with van der Waals surface area (Å²) in [7, 11) is 0. The quantitative estimate of drug-likeness (QED) is 0.874. The van der Waals surface area contributed by atoms with Crippen LogP contribution in [0, 0.1) is 0 Å². The molecular weight excluding hydrogens is 266 g/mol.